The van der Waals surface area contributed by atoms with E-state index in [1.54, 1.807) is 6.20 Å². The monoisotopic (exact) mass is 350 g/mol. The summed E-state index contributed by atoms with van der Waals surface area (Å²) in [7, 11) is 0. The lowest BCUT2D eigenvalue weighted by Gasteiger charge is -2.01. The zero-order valence-corrected chi connectivity index (χ0v) is 14.3. The highest BCUT2D eigenvalue weighted by molar-refractivity contribution is 5.72. The van der Waals surface area contributed by atoms with E-state index in [1.807, 2.05) is 56.0 Å². The summed E-state index contributed by atoms with van der Waals surface area (Å²) in [6.07, 6.45) is 1.79. The van der Waals surface area contributed by atoms with Crippen molar-refractivity contribution in [2.75, 3.05) is 0 Å². The molecule has 0 fully saturated rings. The fraction of sp³-hybridized carbons (Fsp3) is 0. The van der Waals surface area contributed by atoms with Crippen LogP contribution in [0.2, 0.25) is 0 Å². The van der Waals surface area contributed by atoms with Gasteiger partial charge in [0.15, 0.2) is 16.9 Å². The molecule has 27 heavy (non-hydrogen) atoms. The highest BCUT2D eigenvalue weighted by Gasteiger charge is 2.16. The Morgan fingerprint density at radius 2 is 1.04 bits per heavy atom. The summed E-state index contributed by atoms with van der Waals surface area (Å²) in [6.45, 7) is 0. The predicted molar refractivity (Wildman–Crippen MR) is 104 cm³/mol. The van der Waals surface area contributed by atoms with Gasteiger partial charge < -0.3 is 0 Å². The van der Waals surface area contributed by atoms with Gasteiger partial charge in [0.1, 0.15) is 0 Å². The Balaban J connectivity index is 1.71. The van der Waals surface area contributed by atoms with Crippen LogP contribution in [-0.4, -0.2) is 28.8 Å². The van der Waals surface area contributed by atoms with Crippen LogP contribution in [0.1, 0.15) is 0 Å². The molecule has 0 aliphatic heterocycles. The normalized spacial score (nSPS) is 11.7. The van der Waals surface area contributed by atoms with Crippen molar-refractivity contribution in [3.63, 3.8) is 0 Å². The number of hydrogen-bond acceptors (Lipinski definition) is 3. The first-order valence-electron chi connectivity index (χ1n) is 8.75. The molecule has 4 heterocycles. The summed E-state index contributed by atoms with van der Waals surface area (Å²) in [5.41, 5.74) is 6.66. The van der Waals surface area contributed by atoms with Crippen LogP contribution in [0.5, 0.6) is 0 Å². The van der Waals surface area contributed by atoms with E-state index in [0.29, 0.717) is 0 Å². The van der Waals surface area contributed by atoms with Gasteiger partial charge in [-0.2, -0.15) is 28.8 Å². The van der Waals surface area contributed by atoms with Crippen molar-refractivity contribution in [2.45, 2.75) is 0 Å². The van der Waals surface area contributed by atoms with Gasteiger partial charge in [-0.3, -0.25) is 0 Å². The fourth-order valence-electron chi connectivity index (χ4n) is 3.51. The first-order valence-corrected chi connectivity index (χ1v) is 8.75. The van der Waals surface area contributed by atoms with Gasteiger partial charge in [-0.05, 0) is 0 Å². The third-order valence-electron chi connectivity index (χ3n) is 4.79. The highest BCUT2D eigenvalue weighted by atomic mass is 15.4. The first-order chi connectivity index (χ1) is 13.4. The van der Waals surface area contributed by atoms with Crippen molar-refractivity contribution in [3.05, 3.63) is 85.1 Å². The lowest BCUT2D eigenvalue weighted by Crippen LogP contribution is -2.04. The molecule has 0 amide bonds. The Morgan fingerprint density at radius 3 is 1.63 bits per heavy atom. The lowest BCUT2D eigenvalue weighted by molar-refractivity contribution is 0.830. The topological polar surface area (TPSA) is 51.9 Å². The molecule has 6 aromatic rings. The van der Waals surface area contributed by atoms with Crippen molar-refractivity contribution in [3.8, 4) is 22.5 Å². The Bertz CT molecular complexity index is 1300. The van der Waals surface area contributed by atoms with Gasteiger partial charge in [0.25, 0.3) is 0 Å². The summed E-state index contributed by atoms with van der Waals surface area (Å²) in [5, 5.41) is 14.1. The number of benzene rings is 2. The zero-order valence-electron chi connectivity index (χ0n) is 14.3. The molecule has 0 aliphatic carbocycles. The SMILES string of the molecule is c1ccc(-c2cc3n(n2)c2ccnn2c2cc(-c4ccccc4)nn23)cc1. The Hall–Kier alpha value is -3.93. The number of nitrogens with zero attached hydrogens (tertiary/aromatic N) is 6. The van der Waals surface area contributed by atoms with Crippen LogP contribution in [0.25, 0.3) is 39.5 Å². The van der Waals surface area contributed by atoms with Gasteiger partial charge in [-0.25, -0.2) is 0 Å². The van der Waals surface area contributed by atoms with Gasteiger partial charge in [0, 0.05) is 29.3 Å². The molecule has 128 valence electrons. The van der Waals surface area contributed by atoms with E-state index in [4.69, 9.17) is 10.2 Å². The smallest absolute Gasteiger partial charge is 0.162 e. The molecule has 0 N–H and O–H groups in total. The number of fused-ring (bicyclic) bond motifs is 6. The quantitative estimate of drug-likeness (QED) is 0.475. The second-order valence-electron chi connectivity index (χ2n) is 6.43. The summed E-state index contributed by atoms with van der Waals surface area (Å²) < 4.78 is 5.67. The molecule has 0 saturated heterocycles. The van der Waals surface area contributed by atoms with Crippen LogP contribution >= 0.6 is 0 Å². The molecule has 0 aliphatic rings. The van der Waals surface area contributed by atoms with Gasteiger partial charge in [-0.15, -0.1) is 0 Å². The van der Waals surface area contributed by atoms with E-state index < -0.39 is 0 Å². The maximum absolute atomic E-state index is 4.84. The van der Waals surface area contributed by atoms with E-state index in [9.17, 15) is 0 Å². The Kier molecular flexibility index (Phi) is 2.79. The maximum Gasteiger partial charge on any atom is 0.162 e. The average Bonchev–Trinajstić information content (AvgIpc) is 3.45. The summed E-state index contributed by atoms with van der Waals surface area (Å²) in [6, 6.07) is 26.4. The molecule has 6 nitrogen and oxygen atoms in total. The van der Waals surface area contributed by atoms with Crippen molar-refractivity contribution in [1.82, 2.24) is 28.8 Å². The molecule has 6 rings (SSSR count). The van der Waals surface area contributed by atoms with Crippen LogP contribution < -0.4 is 0 Å². The van der Waals surface area contributed by atoms with Crippen LogP contribution in [0.3, 0.4) is 0 Å². The van der Waals surface area contributed by atoms with E-state index in [2.05, 4.69) is 41.5 Å². The van der Waals surface area contributed by atoms with Gasteiger partial charge >= 0.3 is 0 Å². The van der Waals surface area contributed by atoms with Crippen molar-refractivity contribution < 1.29 is 0 Å². The minimum atomic E-state index is 0.902. The summed E-state index contributed by atoms with van der Waals surface area (Å²) in [5.74, 6) is 0. The van der Waals surface area contributed by atoms with Gasteiger partial charge in [-0.1, -0.05) is 60.7 Å². The number of hydrogen-bond donors (Lipinski definition) is 0. The molecule has 6 heteroatoms. The predicted octanol–water partition coefficient (Wildman–Crippen LogP) is 3.96. The molecule has 0 spiro atoms. The zero-order chi connectivity index (χ0) is 17.8. The van der Waals surface area contributed by atoms with Gasteiger partial charge in [0.2, 0.25) is 0 Å². The Labute approximate surface area is 153 Å². The second-order valence-corrected chi connectivity index (χ2v) is 6.43. The van der Waals surface area contributed by atoms with Crippen LogP contribution in [0.4, 0.5) is 0 Å². The van der Waals surface area contributed by atoms with E-state index in [1.165, 1.54) is 0 Å². The lowest BCUT2D eigenvalue weighted by atomic mass is 10.2. The molecular weight excluding hydrogens is 336 g/mol. The third-order valence-corrected chi connectivity index (χ3v) is 4.79. The second kappa shape index (κ2) is 5.28. The average molecular weight is 350 g/mol. The molecule has 0 unspecified atom stereocenters. The minimum absolute atomic E-state index is 0.902. The molecule has 0 bridgehead atoms. The molecule has 0 atom stereocenters. The van der Waals surface area contributed by atoms with Crippen LogP contribution in [0, 0.1) is 0 Å². The number of aromatic nitrogens is 6. The van der Waals surface area contributed by atoms with Crippen molar-refractivity contribution in [2.24, 2.45) is 0 Å². The standard InChI is InChI=1S/C21H14N6/c1-3-7-15(8-4-1)17-13-20-25-19(11-12-22-25)26-21(27(20)24-17)14-18(23-26)16-9-5-2-6-10-16/h1-14H. The van der Waals surface area contributed by atoms with Gasteiger partial charge in [0.05, 0.1) is 17.6 Å². The minimum Gasteiger partial charge on any atom is -0.197 e. The van der Waals surface area contributed by atoms with Crippen LogP contribution in [0.15, 0.2) is 85.1 Å². The van der Waals surface area contributed by atoms with E-state index >= 15 is 0 Å². The first kappa shape index (κ1) is 14.3. The molecule has 0 saturated carbocycles. The number of rotatable bonds is 2. The molecule has 0 radical (unpaired) electrons. The highest BCUT2D eigenvalue weighted by Crippen LogP contribution is 2.25. The van der Waals surface area contributed by atoms with E-state index in [0.717, 1.165) is 39.5 Å². The summed E-state index contributed by atoms with van der Waals surface area (Å²) >= 11 is 0. The molecular formula is C21H14N6. The maximum atomic E-state index is 4.84. The van der Waals surface area contributed by atoms with Crippen LogP contribution in [-0.2, 0) is 0 Å². The molecule has 2 aromatic carbocycles. The largest absolute Gasteiger partial charge is 0.197 e. The molecule has 4 aromatic heterocycles. The van der Waals surface area contributed by atoms with E-state index in [-0.39, 0.29) is 0 Å². The van der Waals surface area contributed by atoms with Crippen molar-refractivity contribution in [1.29, 1.82) is 0 Å². The third kappa shape index (κ3) is 2.04. The Morgan fingerprint density at radius 1 is 0.519 bits per heavy atom. The summed E-state index contributed by atoms with van der Waals surface area (Å²) in [4.78, 5) is 0. The van der Waals surface area contributed by atoms with Crippen molar-refractivity contribution >= 4 is 16.9 Å². The fourth-order valence-corrected chi connectivity index (χ4v) is 3.51.